The maximum absolute atomic E-state index is 12.5. The highest BCUT2D eigenvalue weighted by Gasteiger charge is 2.11. The Bertz CT molecular complexity index is 1490. The number of esters is 1. The number of ether oxygens (including phenoxy) is 1. The van der Waals surface area contributed by atoms with Crippen molar-refractivity contribution in [2.75, 3.05) is 5.32 Å². The van der Waals surface area contributed by atoms with Crippen LogP contribution in [0.2, 0.25) is 0 Å². The molecule has 0 fully saturated rings. The second kappa shape index (κ2) is 12.9. The van der Waals surface area contributed by atoms with Crippen molar-refractivity contribution in [3.8, 4) is 5.75 Å². The van der Waals surface area contributed by atoms with Crippen molar-refractivity contribution in [3.05, 3.63) is 136 Å². The average molecular weight is 568 g/mol. The van der Waals surface area contributed by atoms with Gasteiger partial charge in [-0.3, -0.25) is 9.59 Å². The van der Waals surface area contributed by atoms with Crippen molar-refractivity contribution in [2.24, 2.45) is 5.10 Å². The number of hydrogen-bond donors (Lipinski definition) is 2. The standard InChI is InChI=1S/C30H22BrN3O4/c31-25-14-17-27(38-30(37)23-9-5-2-6-10-23)24(19-25)20-32-34-29(36)22-12-15-26(16-13-22)33-28(35)18-11-21-7-3-1-4-8-21/h1-20H,(H,33,35)(H,34,36)/b18-11+,32-20-. The molecule has 4 aromatic carbocycles. The molecule has 0 heterocycles. The smallest absolute Gasteiger partial charge is 0.343 e. The van der Waals surface area contributed by atoms with Gasteiger partial charge >= 0.3 is 5.97 Å². The number of benzene rings is 4. The molecule has 0 saturated carbocycles. The van der Waals surface area contributed by atoms with Crippen LogP contribution in [0.3, 0.4) is 0 Å². The third-order valence-corrected chi connectivity index (χ3v) is 5.69. The van der Waals surface area contributed by atoms with Gasteiger partial charge in [0.2, 0.25) is 5.91 Å². The molecule has 0 atom stereocenters. The molecule has 0 saturated heterocycles. The monoisotopic (exact) mass is 567 g/mol. The fraction of sp³-hybridized carbons (Fsp3) is 0. The normalized spacial score (nSPS) is 10.9. The molecule has 0 unspecified atom stereocenters. The predicted molar refractivity (Wildman–Crippen MR) is 151 cm³/mol. The molecule has 0 spiro atoms. The summed E-state index contributed by atoms with van der Waals surface area (Å²) in [7, 11) is 0. The summed E-state index contributed by atoms with van der Waals surface area (Å²) in [6, 6.07) is 29.6. The Morgan fingerprint density at radius 3 is 2.18 bits per heavy atom. The van der Waals surface area contributed by atoms with Crippen LogP contribution >= 0.6 is 15.9 Å². The fourth-order valence-corrected chi connectivity index (χ4v) is 3.67. The first kappa shape index (κ1) is 26.2. The molecule has 8 heteroatoms. The second-order valence-electron chi connectivity index (χ2n) is 7.95. The van der Waals surface area contributed by atoms with Gasteiger partial charge in [-0.1, -0.05) is 64.5 Å². The van der Waals surface area contributed by atoms with Crippen LogP contribution < -0.4 is 15.5 Å². The number of anilines is 1. The largest absolute Gasteiger partial charge is 0.422 e. The molecule has 4 aromatic rings. The molecule has 38 heavy (non-hydrogen) atoms. The first-order chi connectivity index (χ1) is 18.5. The summed E-state index contributed by atoms with van der Waals surface area (Å²) < 4.78 is 6.26. The number of carbonyl (C=O) groups is 3. The quantitative estimate of drug-likeness (QED) is 0.0885. The summed E-state index contributed by atoms with van der Waals surface area (Å²) in [4.78, 5) is 37.1. The van der Waals surface area contributed by atoms with Crippen LogP contribution in [0, 0.1) is 0 Å². The molecule has 0 aliphatic carbocycles. The first-order valence-electron chi connectivity index (χ1n) is 11.5. The molecule has 0 aromatic heterocycles. The van der Waals surface area contributed by atoms with Gasteiger partial charge < -0.3 is 10.1 Å². The minimum Gasteiger partial charge on any atom is -0.422 e. The molecule has 0 aliphatic rings. The van der Waals surface area contributed by atoms with Crippen LogP contribution in [0.5, 0.6) is 5.75 Å². The topological polar surface area (TPSA) is 96.9 Å². The summed E-state index contributed by atoms with van der Waals surface area (Å²) in [5.74, 6) is -0.940. The number of rotatable bonds is 8. The van der Waals surface area contributed by atoms with E-state index in [0.29, 0.717) is 28.1 Å². The van der Waals surface area contributed by atoms with Gasteiger partial charge in [-0.25, -0.2) is 10.2 Å². The van der Waals surface area contributed by atoms with E-state index in [4.69, 9.17) is 4.74 Å². The lowest BCUT2D eigenvalue weighted by molar-refractivity contribution is -0.111. The third-order valence-electron chi connectivity index (χ3n) is 5.20. The summed E-state index contributed by atoms with van der Waals surface area (Å²) >= 11 is 3.39. The van der Waals surface area contributed by atoms with Crippen LogP contribution in [0.4, 0.5) is 5.69 Å². The summed E-state index contributed by atoms with van der Waals surface area (Å²) in [6.07, 6.45) is 4.55. The van der Waals surface area contributed by atoms with Gasteiger partial charge in [0.15, 0.2) is 0 Å². The van der Waals surface area contributed by atoms with E-state index >= 15 is 0 Å². The van der Waals surface area contributed by atoms with Crippen LogP contribution in [0.15, 0.2) is 119 Å². The minimum atomic E-state index is -0.505. The van der Waals surface area contributed by atoms with Crippen molar-refractivity contribution >= 4 is 51.7 Å². The van der Waals surface area contributed by atoms with Gasteiger partial charge in [-0.2, -0.15) is 5.10 Å². The Kier molecular flexibility index (Phi) is 8.93. The maximum Gasteiger partial charge on any atom is 0.343 e. The van der Waals surface area contributed by atoms with Crippen molar-refractivity contribution in [1.29, 1.82) is 0 Å². The van der Waals surface area contributed by atoms with E-state index in [0.717, 1.165) is 10.0 Å². The van der Waals surface area contributed by atoms with E-state index in [2.05, 4.69) is 31.8 Å². The highest BCUT2D eigenvalue weighted by Crippen LogP contribution is 2.23. The fourth-order valence-electron chi connectivity index (χ4n) is 3.30. The molecule has 0 bridgehead atoms. The van der Waals surface area contributed by atoms with Crippen molar-refractivity contribution in [3.63, 3.8) is 0 Å². The van der Waals surface area contributed by atoms with Crippen molar-refractivity contribution in [1.82, 2.24) is 5.43 Å². The molecule has 0 radical (unpaired) electrons. The van der Waals surface area contributed by atoms with Crippen LogP contribution in [0.25, 0.3) is 6.08 Å². The summed E-state index contributed by atoms with van der Waals surface area (Å²) in [5.41, 5.74) is 5.18. The number of hydrogen-bond acceptors (Lipinski definition) is 5. The Hall–Kier alpha value is -4.82. The van der Waals surface area contributed by atoms with Crippen molar-refractivity contribution in [2.45, 2.75) is 0 Å². The van der Waals surface area contributed by atoms with Gasteiger partial charge in [-0.05, 0) is 66.2 Å². The molecule has 0 aliphatic heterocycles. The van der Waals surface area contributed by atoms with Crippen LogP contribution in [0.1, 0.15) is 31.8 Å². The van der Waals surface area contributed by atoms with E-state index in [1.165, 1.54) is 12.3 Å². The Morgan fingerprint density at radius 1 is 0.789 bits per heavy atom. The molecule has 188 valence electrons. The molecular formula is C30H22BrN3O4. The average Bonchev–Trinajstić information content (AvgIpc) is 2.94. The number of nitrogens with zero attached hydrogens (tertiary/aromatic N) is 1. The molecule has 2 N–H and O–H groups in total. The van der Waals surface area contributed by atoms with Gasteiger partial charge in [0.1, 0.15) is 5.75 Å². The van der Waals surface area contributed by atoms with Crippen LogP contribution in [-0.4, -0.2) is 24.0 Å². The number of nitrogens with one attached hydrogen (secondary N) is 2. The van der Waals surface area contributed by atoms with E-state index in [9.17, 15) is 14.4 Å². The highest BCUT2D eigenvalue weighted by atomic mass is 79.9. The molecule has 7 nitrogen and oxygen atoms in total. The minimum absolute atomic E-state index is 0.284. The zero-order valence-electron chi connectivity index (χ0n) is 20.0. The Morgan fingerprint density at radius 2 is 1.47 bits per heavy atom. The summed E-state index contributed by atoms with van der Waals surface area (Å²) in [5, 5.41) is 6.76. The van der Waals surface area contributed by atoms with E-state index in [-0.39, 0.29) is 5.91 Å². The number of amides is 2. The van der Waals surface area contributed by atoms with Gasteiger partial charge in [-0.15, -0.1) is 0 Å². The van der Waals surface area contributed by atoms with E-state index < -0.39 is 11.9 Å². The Labute approximate surface area is 228 Å². The summed E-state index contributed by atoms with van der Waals surface area (Å²) in [6.45, 7) is 0. The molecule has 2 amide bonds. The SMILES string of the molecule is O=C(/C=C/c1ccccc1)Nc1ccc(C(=O)N/N=C\c2cc(Br)ccc2OC(=O)c2ccccc2)cc1. The maximum atomic E-state index is 12.5. The highest BCUT2D eigenvalue weighted by molar-refractivity contribution is 9.10. The van der Waals surface area contributed by atoms with Gasteiger partial charge in [0.25, 0.3) is 5.91 Å². The molecular weight excluding hydrogens is 546 g/mol. The lowest BCUT2D eigenvalue weighted by Crippen LogP contribution is -2.18. The zero-order valence-corrected chi connectivity index (χ0v) is 21.6. The van der Waals surface area contributed by atoms with Gasteiger partial charge in [0, 0.05) is 27.4 Å². The lowest BCUT2D eigenvalue weighted by atomic mass is 10.2. The molecule has 4 rings (SSSR count). The van der Waals surface area contributed by atoms with E-state index in [1.54, 1.807) is 72.8 Å². The van der Waals surface area contributed by atoms with Crippen molar-refractivity contribution < 1.29 is 19.1 Å². The zero-order chi connectivity index (χ0) is 26.7. The number of halogens is 1. The number of carbonyl (C=O) groups excluding carboxylic acids is 3. The first-order valence-corrected chi connectivity index (χ1v) is 12.3. The van der Waals surface area contributed by atoms with Crippen LogP contribution in [-0.2, 0) is 4.79 Å². The predicted octanol–water partition coefficient (Wildman–Crippen LogP) is 6.08. The van der Waals surface area contributed by atoms with E-state index in [1.807, 2.05) is 36.4 Å². The third kappa shape index (κ3) is 7.59. The second-order valence-corrected chi connectivity index (χ2v) is 8.86. The Balaban J connectivity index is 1.35. The lowest BCUT2D eigenvalue weighted by Gasteiger charge is -2.08. The number of hydrazone groups is 1. The van der Waals surface area contributed by atoms with Gasteiger partial charge in [0.05, 0.1) is 11.8 Å².